The Bertz CT molecular complexity index is 692. The minimum atomic E-state index is -3.56. The molecule has 0 bridgehead atoms. The SMILES string of the molecule is COP(=O)(OC)OCC1C=CC=CC1=NNC(=O)c1ccccc1. The fourth-order valence-electron chi connectivity index (χ4n) is 1.96. The van der Waals surface area contributed by atoms with Crippen LogP contribution in [0.25, 0.3) is 0 Å². The fourth-order valence-corrected chi connectivity index (χ4v) is 2.66. The van der Waals surface area contributed by atoms with Crippen molar-refractivity contribution in [3.8, 4) is 0 Å². The molecule has 24 heavy (non-hydrogen) atoms. The summed E-state index contributed by atoms with van der Waals surface area (Å²) in [5, 5.41) is 4.12. The van der Waals surface area contributed by atoms with Gasteiger partial charge in [0.2, 0.25) is 0 Å². The number of nitrogens with zero attached hydrogens (tertiary/aromatic N) is 1. The largest absolute Gasteiger partial charge is 0.474 e. The molecule has 128 valence electrons. The van der Waals surface area contributed by atoms with Gasteiger partial charge in [-0.05, 0) is 18.2 Å². The number of carbonyl (C=O) groups is 1. The molecule has 0 aliphatic heterocycles. The summed E-state index contributed by atoms with van der Waals surface area (Å²) in [6, 6.07) is 8.76. The summed E-state index contributed by atoms with van der Waals surface area (Å²) in [6.07, 6.45) is 7.17. The number of amides is 1. The van der Waals surface area contributed by atoms with Crippen LogP contribution in [0.3, 0.4) is 0 Å². The van der Waals surface area contributed by atoms with Crippen LogP contribution in [-0.2, 0) is 18.1 Å². The molecule has 0 saturated carbocycles. The first-order valence-corrected chi connectivity index (χ1v) is 8.68. The van der Waals surface area contributed by atoms with Gasteiger partial charge in [0.05, 0.1) is 12.3 Å². The zero-order chi connectivity index (χ0) is 17.4. The van der Waals surface area contributed by atoms with E-state index in [1.54, 1.807) is 36.4 Å². The van der Waals surface area contributed by atoms with Crippen molar-refractivity contribution in [1.29, 1.82) is 0 Å². The van der Waals surface area contributed by atoms with E-state index in [9.17, 15) is 9.36 Å². The number of rotatable bonds is 7. The third-order valence-electron chi connectivity index (χ3n) is 3.28. The van der Waals surface area contributed by atoms with Crippen molar-refractivity contribution >= 4 is 19.4 Å². The van der Waals surface area contributed by atoms with Crippen molar-refractivity contribution in [3.63, 3.8) is 0 Å². The van der Waals surface area contributed by atoms with Crippen molar-refractivity contribution in [2.24, 2.45) is 11.0 Å². The molecule has 0 saturated heterocycles. The topological polar surface area (TPSA) is 86.2 Å². The van der Waals surface area contributed by atoms with Crippen molar-refractivity contribution in [2.45, 2.75) is 0 Å². The number of nitrogens with one attached hydrogen (secondary N) is 1. The number of phosphoric ester groups is 1. The van der Waals surface area contributed by atoms with Crippen LogP contribution in [0.4, 0.5) is 0 Å². The van der Waals surface area contributed by atoms with Gasteiger partial charge in [-0.3, -0.25) is 18.4 Å². The quantitative estimate of drug-likeness (QED) is 0.604. The Morgan fingerprint density at radius 3 is 2.58 bits per heavy atom. The predicted molar refractivity (Wildman–Crippen MR) is 90.7 cm³/mol. The van der Waals surface area contributed by atoms with Crippen molar-refractivity contribution < 1.29 is 22.9 Å². The highest BCUT2D eigenvalue weighted by atomic mass is 31.2. The summed E-state index contributed by atoms with van der Waals surface area (Å²) < 4.78 is 26.6. The van der Waals surface area contributed by atoms with E-state index in [1.807, 2.05) is 18.2 Å². The average molecular weight is 350 g/mol. The number of hydrazone groups is 1. The Balaban J connectivity index is 2.01. The second kappa shape index (κ2) is 8.70. The molecule has 0 spiro atoms. The van der Waals surface area contributed by atoms with Gasteiger partial charge >= 0.3 is 7.82 Å². The van der Waals surface area contributed by atoms with Crippen LogP contribution in [0, 0.1) is 5.92 Å². The third kappa shape index (κ3) is 4.97. The van der Waals surface area contributed by atoms with Gasteiger partial charge in [0.15, 0.2) is 0 Å². The molecule has 8 heteroatoms. The summed E-state index contributed by atoms with van der Waals surface area (Å²) >= 11 is 0. The second-order valence-electron chi connectivity index (χ2n) is 4.80. The Morgan fingerprint density at radius 2 is 1.92 bits per heavy atom. The summed E-state index contributed by atoms with van der Waals surface area (Å²) in [5.74, 6) is -0.602. The van der Waals surface area contributed by atoms with Crippen LogP contribution in [0.5, 0.6) is 0 Å². The Kier molecular flexibility index (Phi) is 6.63. The summed E-state index contributed by atoms with van der Waals surface area (Å²) in [4.78, 5) is 12.0. The van der Waals surface area contributed by atoms with Gasteiger partial charge in [-0.25, -0.2) is 9.99 Å². The number of phosphoric acid groups is 1. The highest BCUT2D eigenvalue weighted by molar-refractivity contribution is 7.48. The molecule has 1 aliphatic rings. The van der Waals surface area contributed by atoms with Gasteiger partial charge in [-0.15, -0.1) is 0 Å². The third-order valence-corrected chi connectivity index (χ3v) is 4.64. The molecule has 1 amide bonds. The highest BCUT2D eigenvalue weighted by Gasteiger charge is 2.25. The normalized spacial score (nSPS) is 18.8. The van der Waals surface area contributed by atoms with E-state index in [0.29, 0.717) is 11.3 Å². The van der Waals surface area contributed by atoms with Gasteiger partial charge in [0, 0.05) is 25.7 Å². The first kappa shape index (κ1) is 18.3. The molecule has 1 aliphatic carbocycles. The van der Waals surface area contributed by atoms with E-state index >= 15 is 0 Å². The molecule has 1 aromatic carbocycles. The van der Waals surface area contributed by atoms with Crippen molar-refractivity contribution in [2.75, 3.05) is 20.8 Å². The van der Waals surface area contributed by atoms with Crippen LogP contribution in [0.1, 0.15) is 10.4 Å². The molecule has 1 atom stereocenters. The van der Waals surface area contributed by atoms with E-state index in [1.165, 1.54) is 14.2 Å². The maximum absolute atomic E-state index is 12.0. The average Bonchev–Trinajstić information content (AvgIpc) is 2.65. The molecule has 0 fully saturated rings. The number of hydrogen-bond acceptors (Lipinski definition) is 6. The first-order chi connectivity index (χ1) is 11.6. The van der Waals surface area contributed by atoms with Crippen molar-refractivity contribution in [1.82, 2.24) is 5.43 Å². The van der Waals surface area contributed by atoms with Crippen molar-refractivity contribution in [3.05, 3.63) is 60.2 Å². The minimum absolute atomic E-state index is 0.0415. The molecular formula is C16H19N2O5P. The number of carbonyl (C=O) groups excluding carboxylic acids is 1. The first-order valence-electron chi connectivity index (χ1n) is 7.22. The van der Waals surface area contributed by atoms with Gasteiger partial charge in [0.1, 0.15) is 0 Å². The molecular weight excluding hydrogens is 331 g/mol. The lowest BCUT2D eigenvalue weighted by Crippen LogP contribution is -2.24. The van der Waals surface area contributed by atoms with Crippen LogP contribution >= 0.6 is 7.82 Å². The van der Waals surface area contributed by atoms with E-state index in [2.05, 4.69) is 10.5 Å². The summed E-state index contributed by atoms with van der Waals surface area (Å²) in [7, 11) is -1.07. The smallest absolute Gasteiger partial charge is 0.290 e. The predicted octanol–water partition coefficient (Wildman–Crippen LogP) is 2.93. The van der Waals surface area contributed by atoms with Gasteiger partial charge in [-0.2, -0.15) is 5.10 Å². The molecule has 1 aromatic rings. The standard InChI is InChI=1S/C16H19N2O5P/c1-21-24(20,22-2)23-12-14-10-6-7-11-15(14)17-18-16(19)13-8-4-3-5-9-13/h3-11,14H,12H2,1-2H3,(H,18,19). The number of benzene rings is 1. The lowest BCUT2D eigenvalue weighted by Gasteiger charge is -2.19. The Morgan fingerprint density at radius 1 is 1.21 bits per heavy atom. The van der Waals surface area contributed by atoms with Gasteiger partial charge in [0.25, 0.3) is 5.91 Å². The number of hydrogen-bond donors (Lipinski definition) is 1. The van der Waals surface area contributed by atoms with E-state index in [-0.39, 0.29) is 18.4 Å². The zero-order valence-electron chi connectivity index (χ0n) is 13.4. The van der Waals surface area contributed by atoms with E-state index in [4.69, 9.17) is 13.6 Å². The lowest BCUT2D eigenvalue weighted by atomic mass is 10.00. The summed E-state index contributed by atoms with van der Waals surface area (Å²) in [5.41, 5.74) is 3.58. The second-order valence-corrected chi connectivity index (χ2v) is 6.69. The van der Waals surface area contributed by atoms with Crippen LogP contribution in [-0.4, -0.2) is 32.4 Å². The molecule has 7 nitrogen and oxygen atoms in total. The highest BCUT2D eigenvalue weighted by Crippen LogP contribution is 2.47. The van der Waals surface area contributed by atoms with Crippen LogP contribution < -0.4 is 5.43 Å². The number of allylic oxidation sites excluding steroid dienone is 3. The molecule has 1 unspecified atom stereocenters. The minimum Gasteiger partial charge on any atom is -0.290 e. The molecule has 0 heterocycles. The molecule has 2 rings (SSSR count). The maximum Gasteiger partial charge on any atom is 0.474 e. The van der Waals surface area contributed by atoms with Crippen LogP contribution in [0.2, 0.25) is 0 Å². The molecule has 0 radical (unpaired) electrons. The molecule has 0 aromatic heterocycles. The zero-order valence-corrected chi connectivity index (χ0v) is 14.3. The van der Waals surface area contributed by atoms with Gasteiger partial charge in [-0.1, -0.05) is 36.4 Å². The monoisotopic (exact) mass is 350 g/mol. The lowest BCUT2D eigenvalue weighted by molar-refractivity contribution is 0.0954. The Hall–Kier alpha value is -2.05. The van der Waals surface area contributed by atoms with Crippen LogP contribution in [0.15, 0.2) is 59.7 Å². The fraction of sp³-hybridized carbons (Fsp3) is 0.250. The van der Waals surface area contributed by atoms with E-state index in [0.717, 1.165) is 0 Å². The van der Waals surface area contributed by atoms with Gasteiger partial charge < -0.3 is 0 Å². The summed E-state index contributed by atoms with van der Waals surface area (Å²) in [6.45, 7) is 0.0415. The Labute approximate surface area is 140 Å². The maximum atomic E-state index is 12.0. The molecule has 1 N–H and O–H groups in total. The van der Waals surface area contributed by atoms with E-state index < -0.39 is 7.82 Å².